The van der Waals surface area contributed by atoms with E-state index in [2.05, 4.69) is 12.2 Å². The van der Waals surface area contributed by atoms with Crippen molar-refractivity contribution in [3.8, 4) is 0 Å². The minimum Gasteiger partial charge on any atom is -0.461 e. The van der Waals surface area contributed by atoms with Crippen molar-refractivity contribution in [2.75, 3.05) is 0 Å². The maximum absolute atomic E-state index is 11.9. The van der Waals surface area contributed by atoms with Gasteiger partial charge in [0.2, 0.25) is 5.91 Å². The van der Waals surface area contributed by atoms with Crippen LogP contribution in [0, 0.1) is 5.92 Å². The van der Waals surface area contributed by atoms with Crippen LogP contribution in [0.3, 0.4) is 0 Å². The lowest BCUT2D eigenvalue weighted by Gasteiger charge is -2.09. The number of thiophene rings is 1. The summed E-state index contributed by atoms with van der Waals surface area (Å²) in [5.41, 5.74) is 0. The number of furan rings is 1. The number of nitrogens with one attached hydrogen (secondary N) is 1. The summed E-state index contributed by atoms with van der Waals surface area (Å²) in [4.78, 5) is 13.0. The van der Waals surface area contributed by atoms with E-state index in [1.54, 1.807) is 17.4 Å². The molecule has 3 atom stereocenters. The zero-order valence-corrected chi connectivity index (χ0v) is 13.0. The maximum Gasteiger partial charge on any atom is 0.244 e. The van der Waals surface area contributed by atoms with Gasteiger partial charge in [0.15, 0.2) is 0 Å². The second-order valence-corrected chi connectivity index (χ2v) is 6.62. The highest BCUT2D eigenvalue weighted by molar-refractivity contribution is 7.10. The Bertz CT molecular complexity index is 642. The number of carbonyl (C=O) groups is 1. The fourth-order valence-electron chi connectivity index (χ4n) is 2.40. The van der Waals surface area contributed by atoms with Crippen LogP contribution in [0.5, 0.6) is 0 Å². The summed E-state index contributed by atoms with van der Waals surface area (Å²) in [5.74, 6) is 2.97. The SMILES string of the molecule is C[C@@H](NC(=O)/C=C/c1ccc([C@H]2C[C@@H]2C)o1)c1cccs1. The smallest absolute Gasteiger partial charge is 0.244 e. The van der Waals surface area contributed by atoms with Crippen molar-refractivity contribution in [1.82, 2.24) is 5.32 Å². The summed E-state index contributed by atoms with van der Waals surface area (Å²) in [6.45, 7) is 4.21. The Hall–Kier alpha value is -1.81. The minimum atomic E-state index is -0.103. The molecule has 4 heteroatoms. The molecule has 2 aromatic rings. The molecule has 1 fully saturated rings. The molecule has 1 amide bonds. The molecule has 110 valence electrons. The van der Waals surface area contributed by atoms with Crippen LogP contribution in [0.15, 0.2) is 40.1 Å². The van der Waals surface area contributed by atoms with Gasteiger partial charge < -0.3 is 9.73 Å². The largest absolute Gasteiger partial charge is 0.461 e. The molecule has 3 nitrogen and oxygen atoms in total. The molecule has 0 aromatic carbocycles. The molecular formula is C17H19NO2S. The zero-order chi connectivity index (χ0) is 14.8. The first-order valence-corrected chi connectivity index (χ1v) is 8.13. The Morgan fingerprint density at radius 1 is 1.48 bits per heavy atom. The van der Waals surface area contributed by atoms with Gasteiger partial charge in [-0.15, -0.1) is 11.3 Å². The van der Waals surface area contributed by atoms with Gasteiger partial charge in [-0.25, -0.2) is 0 Å². The van der Waals surface area contributed by atoms with E-state index in [9.17, 15) is 4.79 Å². The number of hydrogen-bond donors (Lipinski definition) is 1. The maximum atomic E-state index is 11.9. The molecule has 0 aliphatic heterocycles. The zero-order valence-electron chi connectivity index (χ0n) is 12.2. The van der Waals surface area contributed by atoms with E-state index < -0.39 is 0 Å². The summed E-state index contributed by atoms with van der Waals surface area (Å²) in [6, 6.07) is 7.98. The Labute approximate surface area is 128 Å². The van der Waals surface area contributed by atoms with Crippen LogP contribution >= 0.6 is 11.3 Å². The summed E-state index contributed by atoms with van der Waals surface area (Å²) >= 11 is 1.64. The van der Waals surface area contributed by atoms with E-state index in [-0.39, 0.29) is 11.9 Å². The van der Waals surface area contributed by atoms with Gasteiger partial charge in [-0.05, 0) is 48.9 Å². The quantitative estimate of drug-likeness (QED) is 0.834. The lowest BCUT2D eigenvalue weighted by Crippen LogP contribution is -2.23. The average molecular weight is 301 g/mol. The molecular weight excluding hydrogens is 282 g/mol. The number of carbonyl (C=O) groups excluding carboxylic acids is 1. The molecule has 0 unspecified atom stereocenters. The molecule has 1 aliphatic carbocycles. The Morgan fingerprint density at radius 2 is 2.29 bits per heavy atom. The van der Waals surface area contributed by atoms with Gasteiger partial charge in [0.25, 0.3) is 0 Å². The highest BCUT2D eigenvalue weighted by Crippen LogP contribution is 2.47. The monoisotopic (exact) mass is 301 g/mol. The minimum absolute atomic E-state index is 0.0293. The van der Waals surface area contributed by atoms with Crippen molar-refractivity contribution >= 4 is 23.3 Å². The van der Waals surface area contributed by atoms with Crippen LogP contribution in [0.25, 0.3) is 6.08 Å². The van der Waals surface area contributed by atoms with Crippen molar-refractivity contribution < 1.29 is 9.21 Å². The van der Waals surface area contributed by atoms with E-state index in [0.29, 0.717) is 5.92 Å². The van der Waals surface area contributed by atoms with Gasteiger partial charge in [-0.2, -0.15) is 0 Å². The number of hydrogen-bond acceptors (Lipinski definition) is 3. The van der Waals surface area contributed by atoms with Gasteiger partial charge in [0.1, 0.15) is 11.5 Å². The van der Waals surface area contributed by atoms with Crippen LogP contribution in [0.1, 0.15) is 48.6 Å². The average Bonchev–Trinajstić information content (AvgIpc) is 2.93. The van der Waals surface area contributed by atoms with E-state index in [1.807, 2.05) is 36.6 Å². The predicted octanol–water partition coefficient (Wildman–Crippen LogP) is 4.36. The van der Waals surface area contributed by atoms with Gasteiger partial charge >= 0.3 is 0 Å². The first-order chi connectivity index (χ1) is 10.1. The second-order valence-electron chi connectivity index (χ2n) is 5.64. The number of amides is 1. The summed E-state index contributed by atoms with van der Waals surface area (Å²) < 4.78 is 5.74. The van der Waals surface area contributed by atoms with Gasteiger partial charge in [0, 0.05) is 16.9 Å². The van der Waals surface area contributed by atoms with Crippen molar-refractivity contribution in [3.63, 3.8) is 0 Å². The third-order valence-electron chi connectivity index (χ3n) is 3.85. The summed E-state index contributed by atoms with van der Waals surface area (Å²) in [6.07, 6.45) is 4.46. The van der Waals surface area contributed by atoms with Gasteiger partial charge in [-0.3, -0.25) is 4.79 Å². The fourth-order valence-corrected chi connectivity index (χ4v) is 3.14. The third-order valence-corrected chi connectivity index (χ3v) is 4.91. The fraction of sp³-hybridized carbons (Fsp3) is 0.353. The molecule has 1 aliphatic rings. The van der Waals surface area contributed by atoms with Crippen LogP contribution in [-0.2, 0) is 4.79 Å². The van der Waals surface area contributed by atoms with Gasteiger partial charge in [0.05, 0.1) is 6.04 Å². The van der Waals surface area contributed by atoms with Crippen LogP contribution < -0.4 is 5.32 Å². The predicted molar refractivity (Wildman–Crippen MR) is 85.1 cm³/mol. The van der Waals surface area contributed by atoms with Crippen molar-refractivity contribution in [3.05, 3.63) is 52.1 Å². The first kappa shape index (κ1) is 14.1. The molecule has 2 heterocycles. The van der Waals surface area contributed by atoms with Crippen LogP contribution in [0.4, 0.5) is 0 Å². The molecule has 21 heavy (non-hydrogen) atoms. The van der Waals surface area contributed by atoms with Gasteiger partial charge in [-0.1, -0.05) is 13.0 Å². The third kappa shape index (κ3) is 3.45. The summed E-state index contributed by atoms with van der Waals surface area (Å²) in [7, 11) is 0. The Morgan fingerprint density at radius 3 is 2.95 bits per heavy atom. The molecule has 1 saturated carbocycles. The molecule has 3 rings (SSSR count). The van der Waals surface area contributed by atoms with E-state index in [4.69, 9.17) is 4.42 Å². The lowest BCUT2D eigenvalue weighted by molar-refractivity contribution is -0.117. The molecule has 2 aromatic heterocycles. The van der Waals surface area contributed by atoms with Crippen molar-refractivity contribution in [2.24, 2.45) is 5.92 Å². The summed E-state index contributed by atoms with van der Waals surface area (Å²) in [5, 5.41) is 4.96. The Balaban J connectivity index is 1.55. The highest BCUT2D eigenvalue weighted by Gasteiger charge is 2.36. The first-order valence-electron chi connectivity index (χ1n) is 7.25. The van der Waals surface area contributed by atoms with Crippen molar-refractivity contribution in [2.45, 2.75) is 32.2 Å². The van der Waals surface area contributed by atoms with E-state index >= 15 is 0 Å². The van der Waals surface area contributed by atoms with Crippen LogP contribution in [-0.4, -0.2) is 5.91 Å². The lowest BCUT2D eigenvalue weighted by atomic mass is 10.2. The van der Waals surface area contributed by atoms with Crippen molar-refractivity contribution in [1.29, 1.82) is 0 Å². The molecule has 0 saturated heterocycles. The normalized spacial score (nSPS) is 22.4. The number of rotatable bonds is 5. The molecule has 0 radical (unpaired) electrons. The van der Waals surface area contributed by atoms with Crippen LogP contribution in [0.2, 0.25) is 0 Å². The molecule has 0 spiro atoms. The Kier molecular flexibility index (Phi) is 3.97. The van der Waals surface area contributed by atoms with E-state index in [0.717, 1.165) is 22.3 Å². The molecule has 0 bridgehead atoms. The topological polar surface area (TPSA) is 42.2 Å². The second kappa shape index (κ2) is 5.90. The highest BCUT2D eigenvalue weighted by atomic mass is 32.1. The molecule has 1 N–H and O–H groups in total. The standard InChI is InChI=1S/C17H19NO2S/c1-11-10-14(11)15-7-5-13(20-15)6-8-17(19)18-12(2)16-4-3-9-21-16/h3-9,11-12,14H,10H2,1-2H3,(H,18,19)/b8-6+/t11-,12+,14-/m0/s1. The van der Waals surface area contributed by atoms with E-state index in [1.165, 1.54) is 12.5 Å².